The van der Waals surface area contributed by atoms with Gasteiger partial charge in [0.2, 0.25) is 5.89 Å². The van der Waals surface area contributed by atoms with Crippen molar-refractivity contribution in [1.82, 2.24) is 10.3 Å². The number of carbonyl (C=O) groups is 1. The van der Waals surface area contributed by atoms with Gasteiger partial charge in [0, 0.05) is 6.54 Å². The molecule has 0 saturated heterocycles. The van der Waals surface area contributed by atoms with E-state index in [1.807, 2.05) is 0 Å². The third-order valence-electron chi connectivity index (χ3n) is 6.20. The van der Waals surface area contributed by atoms with Crippen LogP contribution in [-0.2, 0) is 0 Å². The Morgan fingerprint density at radius 2 is 2.30 bits per heavy atom. The summed E-state index contributed by atoms with van der Waals surface area (Å²) in [6.07, 6.45) is 7.04. The van der Waals surface area contributed by atoms with E-state index in [1.54, 1.807) is 0 Å². The first-order valence-electron chi connectivity index (χ1n) is 8.92. The minimum atomic E-state index is -0.229. The predicted octanol–water partition coefficient (Wildman–Crippen LogP) is 3.28. The van der Waals surface area contributed by atoms with Gasteiger partial charge in [-0.15, -0.1) is 0 Å². The van der Waals surface area contributed by atoms with E-state index in [0.717, 1.165) is 31.2 Å². The number of hydrogen-bond acceptors (Lipinski definition) is 4. The summed E-state index contributed by atoms with van der Waals surface area (Å²) in [5, 5.41) is 3.04. The van der Waals surface area contributed by atoms with Crippen LogP contribution in [0.1, 0.15) is 75.3 Å². The molecule has 0 radical (unpaired) electrons. The van der Waals surface area contributed by atoms with Gasteiger partial charge in [0.1, 0.15) is 6.26 Å². The monoisotopic (exact) mass is 319 g/mol. The molecule has 5 heteroatoms. The molecule has 0 aliphatic heterocycles. The molecule has 3 aliphatic carbocycles. The molecule has 23 heavy (non-hydrogen) atoms. The van der Waals surface area contributed by atoms with E-state index in [-0.39, 0.29) is 11.9 Å². The van der Waals surface area contributed by atoms with Gasteiger partial charge in [0.05, 0.1) is 6.04 Å². The van der Waals surface area contributed by atoms with Crippen molar-refractivity contribution >= 4 is 5.91 Å². The standard InChI is InChI=1S/C18H29N3O2/c1-4-5-14(19)17-21-15(10-23-17)16(22)20-9-11-6-7-12-8-13(11)18(12,2)3/h10-14H,4-9,19H2,1-3H3,(H,20,22). The van der Waals surface area contributed by atoms with Gasteiger partial charge >= 0.3 is 0 Å². The molecule has 3 fully saturated rings. The maximum atomic E-state index is 12.3. The first kappa shape index (κ1) is 16.5. The maximum Gasteiger partial charge on any atom is 0.273 e. The molecule has 3 N–H and O–H groups in total. The molecule has 0 aromatic carbocycles. The fourth-order valence-corrected chi connectivity index (χ4v) is 4.52. The summed E-state index contributed by atoms with van der Waals surface area (Å²) in [6.45, 7) is 7.55. The summed E-state index contributed by atoms with van der Waals surface area (Å²) in [5.41, 5.74) is 6.76. The van der Waals surface area contributed by atoms with Crippen molar-refractivity contribution < 1.29 is 9.21 Å². The second-order valence-electron chi connectivity index (χ2n) is 7.87. The molecule has 5 nitrogen and oxygen atoms in total. The lowest BCUT2D eigenvalue weighted by Gasteiger charge is -2.60. The molecule has 4 atom stereocenters. The van der Waals surface area contributed by atoms with Gasteiger partial charge < -0.3 is 15.5 Å². The molecule has 1 amide bonds. The Labute approximate surface area is 138 Å². The number of nitrogens with zero attached hydrogens (tertiary/aromatic N) is 1. The zero-order chi connectivity index (χ0) is 16.6. The van der Waals surface area contributed by atoms with E-state index < -0.39 is 0 Å². The SMILES string of the molecule is CCCC(N)c1nc(C(=O)NCC2CCC3CC2C3(C)C)co1. The third-order valence-corrected chi connectivity index (χ3v) is 6.20. The van der Waals surface area contributed by atoms with Crippen LogP contribution >= 0.6 is 0 Å². The van der Waals surface area contributed by atoms with E-state index in [9.17, 15) is 4.79 Å². The minimum Gasteiger partial charge on any atom is -0.446 e. The highest BCUT2D eigenvalue weighted by molar-refractivity contribution is 5.91. The molecule has 128 valence electrons. The summed E-state index contributed by atoms with van der Waals surface area (Å²) in [5.74, 6) is 2.53. The highest BCUT2D eigenvalue weighted by atomic mass is 16.3. The van der Waals surface area contributed by atoms with Gasteiger partial charge in [0.15, 0.2) is 5.69 Å². The molecule has 1 aromatic heterocycles. The number of amides is 1. The van der Waals surface area contributed by atoms with E-state index >= 15 is 0 Å². The molecule has 4 rings (SSSR count). The molecule has 2 bridgehead atoms. The molecular formula is C18H29N3O2. The van der Waals surface area contributed by atoms with Crippen LogP contribution in [-0.4, -0.2) is 17.4 Å². The highest BCUT2D eigenvalue weighted by Gasteiger charge is 2.53. The Morgan fingerprint density at radius 1 is 1.52 bits per heavy atom. The number of aromatic nitrogens is 1. The maximum absolute atomic E-state index is 12.3. The predicted molar refractivity (Wildman–Crippen MR) is 88.8 cm³/mol. The fourth-order valence-electron chi connectivity index (χ4n) is 4.52. The molecule has 3 aliphatic rings. The lowest BCUT2D eigenvalue weighted by molar-refractivity contribution is -0.103. The van der Waals surface area contributed by atoms with E-state index in [1.165, 1.54) is 25.5 Å². The van der Waals surface area contributed by atoms with Crippen LogP contribution in [0.4, 0.5) is 0 Å². The van der Waals surface area contributed by atoms with E-state index in [4.69, 9.17) is 10.2 Å². The summed E-state index contributed by atoms with van der Waals surface area (Å²) < 4.78 is 5.36. The molecule has 3 saturated carbocycles. The summed E-state index contributed by atoms with van der Waals surface area (Å²) >= 11 is 0. The molecular weight excluding hydrogens is 290 g/mol. The highest BCUT2D eigenvalue weighted by Crippen LogP contribution is 2.61. The number of hydrogen-bond donors (Lipinski definition) is 2. The number of rotatable bonds is 6. The van der Waals surface area contributed by atoms with Gasteiger partial charge in [-0.3, -0.25) is 4.79 Å². The second-order valence-corrected chi connectivity index (χ2v) is 7.87. The Balaban J connectivity index is 1.54. The molecule has 4 unspecified atom stereocenters. The van der Waals surface area contributed by atoms with Crippen LogP contribution in [0.25, 0.3) is 0 Å². The van der Waals surface area contributed by atoms with Crippen LogP contribution in [0.5, 0.6) is 0 Å². The molecule has 1 heterocycles. The first-order chi connectivity index (χ1) is 10.9. The van der Waals surface area contributed by atoms with E-state index in [0.29, 0.717) is 22.9 Å². The quantitative estimate of drug-likeness (QED) is 0.843. The van der Waals surface area contributed by atoms with Gasteiger partial charge in [-0.25, -0.2) is 4.98 Å². The Hall–Kier alpha value is -1.36. The van der Waals surface area contributed by atoms with Gasteiger partial charge in [-0.05, 0) is 48.9 Å². The smallest absolute Gasteiger partial charge is 0.273 e. The van der Waals surface area contributed by atoms with Crippen LogP contribution in [0.2, 0.25) is 0 Å². The zero-order valence-corrected chi connectivity index (χ0v) is 14.5. The van der Waals surface area contributed by atoms with Gasteiger partial charge in [-0.1, -0.05) is 27.2 Å². The summed E-state index contributed by atoms with van der Waals surface area (Å²) in [6, 6.07) is -0.229. The minimum absolute atomic E-state index is 0.150. The summed E-state index contributed by atoms with van der Waals surface area (Å²) in [4.78, 5) is 16.5. The lowest BCUT2D eigenvalue weighted by atomic mass is 9.45. The van der Waals surface area contributed by atoms with Crippen molar-refractivity contribution in [3.05, 3.63) is 17.8 Å². The number of nitrogens with two attached hydrogens (primary N) is 1. The van der Waals surface area contributed by atoms with Crippen LogP contribution < -0.4 is 11.1 Å². The Bertz CT molecular complexity index is 564. The normalized spacial score (nSPS) is 29.7. The number of carbonyl (C=O) groups excluding carboxylic acids is 1. The lowest BCUT2D eigenvalue weighted by Crippen LogP contribution is -2.54. The van der Waals surface area contributed by atoms with Crippen molar-refractivity contribution in [2.75, 3.05) is 6.54 Å². The van der Waals surface area contributed by atoms with Crippen molar-refractivity contribution in [2.24, 2.45) is 28.9 Å². The van der Waals surface area contributed by atoms with Crippen molar-refractivity contribution in [3.63, 3.8) is 0 Å². The average molecular weight is 319 g/mol. The van der Waals surface area contributed by atoms with Crippen LogP contribution in [0, 0.1) is 23.2 Å². The third kappa shape index (κ3) is 3.03. The Morgan fingerprint density at radius 3 is 2.96 bits per heavy atom. The molecule has 1 aromatic rings. The van der Waals surface area contributed by atoms with Gasteiger partial charge in [-0.2, -0.15) is 0 Å². The van der Waals surface area contributed by atoms with Crippen LogP contribution in [0.3, 0.4) is 0 Å². The molecule has 0 spiro atoms. The van der Waals surface area contributed by atoms with Crippen molar-refractivity contribution in [1.29, 1.82) is 0 Å². The number of oxazole rings is 1. The number of fused-ring (bicyclic) bond motifs is 2. The second kappa shape index (κ2) is 6.27. The largest absolute Gasteiger partial charge is 0.446 e. The summed E-state index contributed by atoms with van der Waals surface area (Å²) in [7, 11) is 0. The fraction of sp³-hybridized carbons (Fsp3) is 0.778. The van der Waals surface area contributed by atoms with E-state index in [2.05, 4.69) is 31.1 Å². The topological polar surface area (TPSA) is 81.1 Å². The zero-order valence-electron chi connectivity index (χ0n) is 14.5. The van der Waals surface area contributed by atoms with Gasteiger partial charge in [0.25, 0.3) is 5.91 Å². The number of nitrogens with one attached hydrogen (secondary N) is 1. The first-order valence-corrected chi connectivity index (χ1v) is 8.92. The van der Waals surface area contributed by atoms with Crippen LogP contribution in [0.15, 0.2) is 10.7 Å². The Kier molecular flexibility index (Phi) is 4.50. The van der Waals surface area contributed by atoms with Crippen molar-refractivity contribution in [2.45, 2.75) is 58.9 Å². The van der Waals surface area contributed by atoms with Crippen molar-refractivity contribution in [3.8, 4) is 0 Å². The average Bonchev–Trinajstić information content (AvgIpc) is 3.03.